The molecule has 0 spiro atoms. The van der Waals surface area contributed by atoms with Gasteiger partial charge < -0.3 is 10.0 Å². The summed E-state index contributed by atoms with van der Waals surface area (Å²) in [7, 11) is 0. The zero-order valence-corrected chi connectivity index (χ0v) is 13.0. The monoisotopic (exact) mass is 305 g/mol. The summed E-state index contributed by atoms with van der Waals surface area (Å²) >= 11 is 6.18. The van der Waals surface area contributed by atoms with Crippen molar-refractivity contribution in [2.75, 3.05) is 19.7 Å². The van der Waals surface area contributed by atoms with Crippen LogP contribution in [0, 0.1) is 17.8 Å². The van der Waals surface area contributed by atoms with Gasteiger partial charge in [-0.1, -0.05) is 36.8 Å². The van der Waals surface area contributed by atoms with E-state index in [9.17, 15) is 4.79 Å². The molecule has 1 atom stereocenters. The smallest absolute Gasteiger partial charge is 0.253 e. The van der Waals surface area contributed by atoms with Crippen molar-refractivity contribution in [3.63, 3.8) is 0 Å². The molecule has 0 bridgehead atoms. The molecule has 1 fully saturated rings. The Hall–Kier alpha value is -1.50. The van der Waals surface area contributed by atoms with Gasteiger partial charge in [-0.15, -0.1) is 0 Å². The number of likely N-dealkylation sites (tertiary alicyclic amines) is 1. The van der Waals surface area contributed by atoms with Gasteiger partial charge in [-0.05, 0) is 30.5 Å². The van der Waals surface area contributed by atoms with Crippen LogP contribution in [0.5, 0.6) is 0 Å². The van der Waals surface area contributed by atoms with Crippen LogP contribution in [-0.4, -0.2) is 35.6 Å². The largest absolute Gasteiger partial charge is 0.395 e. The van der Waals surface area contributed by atoms with Crippen LogP contribution in [0.15, 0.2) is 18.2 Å². The van der Waals surface area contributed by atoms with E-state index in [-0.39, 0.29) is 12.5 Å². The van der Waals surface area contributed by atoms with E-state index in [1.807, 2.05) is 4.90 Å². The van der Waals surface area contributed by atoms with Gasteiger partial charge in [0.15, 0.2) is 0 Å². The highest BCUT2D eigenvalue weighted by molar-refractivity contribution is 6.32. The van der Waals surface area contributed by atoms with Crippen molar-refractivity contribution in [3.8, 4) is 11.8 Å². The Morgan fingerprint density at radius 3 is 2.95 bits per heavy atom. The minimum atomic E-state index is 0.0365. The van der Waals surface area contributed by atoms with Gasteiger partial charge in [-0.3, -0.25) is 4.79 Å². The van der Waals surface area contributed by atoms with E-state index in [1.165, 1.54) is 0 Å². The van der Waals surface area contributed by atoms with Crippen molar-refractivity contribution >= 4 is 17.5 Å². The van der Waals surface area contributed by atoms with Crippen LogP contribution in [0.25, 0.3) is 0 Å². The number of carbonyl (C=O) groups excluding carboxylic acids is 1. The fourth-order valence-corrected chi connectivity index (χ4v) is 2.72. The lowest BCUT2D eigenvalue weighted by molar-refractivity contribution is 0.0787. The number of carbonyl (C=O) groups is 1. The number of hydrogen-bond donors (Lipinski definition) is 1. The highest BCUT2D eigenvalue weighted by atomic mass is 35.5. The first-order valence-electron chi connectivity index (χ1n) is 7.34. The molecule has 4 heteroatoms. The van der Waals surface area contributed by atoms with E-state index >= 15 is 0 Å². The Morgan fingerprint density at radius 2 is 2.33 bits per heavy atom. The van der Waals surface area contributed by atoms with Crippen molar-refractivity contribution in [2.45, 2.75) is 26.2 Å². The molecule has 0 aliphatic carbocycles. The summed E-state index contributed by atoms with van der Waals surface area (Å²) in [6, 6.07) is 5.23. The van der Waals surface area contributed by atoms with E-state index in [1.54, 1.807) is 18.2 Å². The second-order valence-corrected chi connectivity index (χ2v) is 5.69. The fourth-order valence-electron chi connectivity index (χ4n) is 2.50. The molecule has 1 aliphatic rings. The maximum Gasteiger partial charge on any atom is 0.253 e. The molecule has 2 rings (SSSR count). The van der Waals surface area contributed by atoms with Gasteiger partial charge in [0, 0.05) is 30.6 Å². The average Bonchev–Trinajstić information content (AvgIpc) is 2.97. The molecular formula is C17H20ClNO2. The van der Waals surface area contributed by atoms with Crippen LogP contribution in [0.3, 0.4) is 0 Å². The van der Waals surface area contributed by atoms with Gasteiger partial charge >= 0.3 is 0 Å². The van der Waals surface area contributed by atoms with Crippen LogP contribution < -0.4 is 0 Å². The van der Waals surface area contributed by atoms with Crippen LogP contribution in [0.2, 0.25) is 5.02 Å². The predicted molar refractivity (Wildman–Crippen MR) is 84.3 cm³/mol. The molecule has 3 nitrogen and oxygen atoms in total. The summed E-state index contributed by atoms with van der Waals surface area (Å²) in [5.74, 6) is 6.39. The SMILES string of the molecule is CCC1CCN(C(=O)c2ccc(C#CCCO)c(Cl)c2)C1. The molecule has 1 heterocycles. The lowest BCUT2D eigenvalue weighted by Gasteiger charge is -2.16. The molecule has 112 valence electrons. The first-order chi connectivity index (χ1) is 10.2. The summed E-state index contributed by atoms with van der Waals surface area (Å²) in [4.78, 5) is 14.3. The highest BCUT2D eigenvalue weighted by Gasteiger charge is 2.25. The Kier molecular flexibility index (Phi) is 5.67. The number of aliphatic hydroxyl groups excluding tert-OH is 1. The molecular weight excluding hydrogens is 286 g/mol. The van der Waals surface area contributed by atoms with E-state index in [0.29, 0.717) is 28.5 Å². The summed E-state index contributed by atoms with van der Waals surface area (Å²) in [6.45, 7) is 3.86. The number of benzene rings is 1. The molecule has 1 N–H and O–H groups in total. The quantitative estimate of drug-likeness (QED) is 0.872. The van der Waals surface area contributed by atoms with Gasteiger partial charge in [0.05, 0.1) is 11.6 Å². The summed E-state index contributed by atoms with van der Waals surface area (Å²) in [5, 5.41) is 9.19. The summed E-state index contributed by atoms with van der Waals surface area (Å²) < 4.78 is 0. The fraction of sp³-hybridized carbons (Fsp3) is 0.471. The minimum Gasteiger partial charge on any atom is -0.395 e. The molecule has 1 unspecified atom stereocenters. The van der Waals surface area contributed by atoms with Gasteiger partial charge in [0.2, 0.25) is 0 Å². The zero-order chi connectivity index (χ0) is 15.2. The van der Waals surface area contributed by atoms with E-state index in [4.69, 9.17) is 16.7 Å². The molecule has 0 radical (unpaired) electrons. The first-order valence-corrected chi connectivity index (χ1v) is 7.72. The number of halogens is 1. The molecule has 1 aromatic rings. The van der Waals surface area contributed by atoms with E-state index < -0.39 is 0 Å². The minimum absolute atomic E-state index is 0.0365. The Bertz CT molecular complexity index is 574. The highest BCUT2D eigenvalue weighted by Crippen LogP contribution is 2.23. The molecule has 0 aromatic heterocycles. The van der Waals surface area contributed by atoms with Crippen molar-refractivity contribution in [2.24, 2.45) is 5.92 Å². The second kappa shape index (κ2) is 7.49. The summed E-state index contributed by atoms with van der Waals surface area (Å²) in [5.41, 5.74) is 1.30. The van der Waals surface area contributed by atoms with Gasteiger partial charge in [-0.2, -0.15) is 0 Å². The number of rotatable bonds is 3. The van der Waals surface area contributed by atoms with E-state index in [2.05, 4.69) is 18.8 Å². The molecule has 21 heavy (non-hydrogen) atoms. The Balaban J connectivity index is 2.10. The molecule has 0 saturated carbocycles. The van der Waals surface area contributed by atoms with Crippen molar-refractivity contribution in [1.82, 2.24) is 4.90 Å². The third-order valence-corrected chi connectivity index (χ3v) is 4.14. The lowest BCUT2D eigenvalue weighted by Crippen LogP contribution is -2.28. The van der Waals surface area contributed by atoms with Crippen LogP contribution in [0.1, 0.15) is 42.1 Å². The number of nitrogens with zero attached hydrogens (tertiary/aromatic N) is 1. The Morgan fingerprint density at radius 1 is 1.52 bits per heavy atom. The van der Waals surface area contributed by atoms with Crippen molar-refractivity contribution in [3.05, 3.63) is 34.3 Å². The topological polar surface area (TPSA) is 40.5 Å². The van der Waals surface area contributed by atoms with Crippen molar-refractivity contribution < 1.29 is 9.90 Å². The van der Waals surface area contributed by atoms with Crippen molar-refractivity contribution in [1.29, 1.82) is 0 Å². The maximum atomic E-state index is 12.4. The van der Waals surface area contributed by atoms with Crippen LogP contribution >= 0.6 is 11.6 Å². The maximum absolute atomic E-state index is 12.4. The standard InChI is InChI=1S/C17H20ClNO2/c1-2-13-8-9-19(12-13)17(21)15-7-6-14(16(18)11-15)5-3-4-10-20/h6-7,11,13,20H,2,4,8-10,12H2,1H3. The van der Waals surface area contributed by atoms with Gasteiger partial charge in [0.25, 0.3) is 5.91 Å². The average molecular weight is 306 g/mol. The molecule has 1 amide bonds. The molecule has 1 saturated heterocycles. The zero-order valence-electron chi connectivity index (χ0n) is 12.2. The van der Waals surface area contributed by atoms with Gasteiger partial charge in [-0.25, -0.2) is 0 Å². The number of amides is 1. The third-order valence-electron chi connectivity index (χ3n) is 3.83. The Labute approximate surface area is 130 Å². The number of aliphatic hydroxyl groups is 1. The molecule has 1 aliphatic heterocycles. The van der Waals surface area contributed by atoms with Gasteiger partial charge in [0.1, 0.15) is 0 Å². The normalized spacial score (nSPS) is 17.5. The third kappa shape index (κ3) is 4.00. The van der Waals surface area contributed by atoms with Crippen LogP contribution in [-0.2, 0) is 0 Å². The summed E-state index contributed by atoms with van der Waals surface area (Å²) in [6.07, 6.45) is 2.62. The predicted octanol–water partition coefficient (Wildman–Crippen LogP) is 2.95. The lowest BCUT2D eigenvalue weighted by atomic mass is 10.1. The number of hydrogen-bond acceptors (Lipinski definition) is 2. The second-order valence-electron chi connectivity index (χ2n) is 5.28. The first kappa shape index (κ1) is 15.9. The van der Waals surface area contributed by atoms with Crippen LogP contribution in [0.4, 0.5) is 0 Å². The molecule has 1 aromatic carbocycles. The van der Waals surface area contributed by atoms with E-state index in [0.717, 1.165) is 25.9 Å².